The van der Waals surface area contributed by atoms with Crippen molar-refractivity contribution in [1.29, 1.82) is 0 Å². The van der Waals surface area contributed by atoms with Crippen LogP contribution in [0.25, 0.3) is 77.9 Å². The van der Waals surface area contributed by atoms with Gasteiger partial charge < -0.3 is 13.7 Å². The lowest BCUT2D eigenvalue weighted by Gasteiger charge is -2.27. The molecule has 250 valence electrons. The predicted octanol–water partition coefficient (Wildman–Crippen LogP) is 13.9. The Hall–Kier alpha value is -7.17. The van der Waals surface area contributed by atoms with Crippen molar-refractivity contribution in [3.8, 4) is 44.8 Å². The molecule has 2 heterocycles. The Kier molecular flexibility index (Phi) is 7.43. The van der Waals surface area contributed by atoms with Crippen LogP contribution in [-0.2, 0) is 0 Å². The zero-order chi connectivity index (χ0) is 35.1. The molecule has 0 amide bonds. The quantitative estimate of drug-likeness (QED) is 0.168. The average Bonchev–Trinajstić information content (AvgIpc) is 3.84. The summed E-state index contributed by atoms with van der Waals surface area (Å²) in [6, 6.07) is 67.6. The van der Waals surface area contributed by atoms with Gasteiger partial charge in [-0.05, 0) is 94.0 Å². The maximum absolute atomic E-state index is 6.57. The molecule has 0 atom stereocenters. The minimum atomic E-state index is 0.595. The van der Waals surface area contributed by atoms with Crippen molar-refractivity contribution in [2.75, 3.05) is 4.90 Å². The number of hydrogen-bond acceptors (Lipinski definition) is 4. The first-order valence-corrected chi connectivity index (χ1v) is 17.8. The van der Waals surface area contributed by atoms with Crippen molar-refractivity contribution in [3.63, 3.8) is 0 Å². The van der Waals surface area contributed by atoms with Crippen LogP contribution in [0.3, 0.4) is 0 Å². The summed E-state index contributed by atoms with van der Waals surface area (Å²) in [6.45, 7) is 0. The molecular formula is C49H32N2O2. The summed E-state index contributed by atoms with van der Waals surface area (Å²) in [7, 11) is 0. The lowest BCUT2D eigenvalue weighted by Crippen LogP contribution is -2.10. The summed E-state index contributed by atoms with van der Waals surface area (Å²) in [5.41, 5.74) is 14.1. The highest BCUT2D eigenvalue weighted by Gasteiger charge is 2.21. The maximum atomic E-state index is 6.57. The fraction of sp³-hybridized carbons (Fsp3) is 0. The van der Waals surface area contributed by atoms with Crippen molar-refractivity contribution in [3.05, 3.63) is 194 Å². The van der Waals surface area contributed by atoms with Crippen LogP contribution in [0.2, 0.25) is 0 Å². The van der Waals surface area contributed by atoms with E-state index in [1.54, 1.807) is 0 Å². The van der Waals surface area contributed by atoms with E-state index in [2.05, 4.69) is 150 Å². The van der Waals surface area contributed by atoms with E-state index in [-0.39, 0.29) is 0 Å². The van der Waals surface area contributed by atoms with Gasteiger partial charge in [0, 0.05) is 34.1 Å². The molecule has 0 radical (unpaired) electrons. The van der Waals surface area contributed by atoms with Gasteiger partial charge in [-0.25, -0.2) is 4.98 Å². The number of furan rings is 1. The van der Waals surface area contributed by atoms with Crippen LogP contribution in [0.15, 0.2) is 203 Å². The Bertz CT molecular complexity index is 2860. The summed E-state index contributed by atoms with van der Waals surface area (Å²) >= 11 is 0. The van der Waals surface area contributed by atoms with Gasteiger partial charge in [-0.15, -0.1) is 0 Å². The second-order valence-electron chi connectivity index (χ2n) is 13.2. The highest BCUT2D eigenvalue weighted by molar-refractivity contribution is 6.17. The van der Waals surface area contributed by atoms with E-state index >= 15 is 0 Å². The number of aromatic nitrogens is 1. The molecule has 0 bridgehead atoms. The molecule has 8 aromatic carbocycles. The van der Waals surface area contributed by atoms with Crippen LogP contribution in [-0.4, -0.2) is 4.98 Å². The number of hydrogen-bond donors (Lipinski definition) is 0. The van der Waals surface area contributed by atoms with Gasteiger partial charge in [0.15, 0.2) is 5.58 Å². The first-order valence-electron chi connectivity index (χ1n) is 17.8. The highest BCUT2D eigenvalue weighted by atomic mass is 16.4. The van der Waals surface area contributed by atoms with E-state index in [1.165, 1.54) is 16.7 Å². The molecule has 0 aliphatic carbocycles. The number of benzene rings is 8. The lowest BCUT2D eigenvalue weighted by atomic mass is 9.93. The first-order chi connectivity index (χ1) is 26.3. The van der Waals surface area contributed by atoms with Gasteiger partial charge in [0.25, 0.3) is 0 Å². The molecule has 0 spiro atoms. The molecule has 0 N–H and O–H groups in total. The maximum Gasteiger partial charge on any atom is 0.227 e. The monoisotopic (exact) mass is 680 g/mol. The zero-order valence-corrected chi connectivity index (χ0v) is 28.7. The van der Waals surface area contributed by atoms with Crippen LogP contribution in [0.5, 0.6) is 0 Å². The fourth-order valence-electron chi connectivity index (χ4n) is 7.36. The van der Waals surface area contributed by atoms with Crippen molar-refractivity contribution >= 4 is 50.1 Å². The first kappa shape index (κ1) is 30.6. The molecule has 0 aliphatic rings. The third-order valence-electron chi connectivity index (χ3n) is 9.92. The molecular weight excluding hydrogens is 649 g/mol. The van der Waals surface area contributed by atoms with E-state index in [0.717, 1.165) is 72.4 Å². The van der Waals surface area contributed by atoms with Crippen LogP contribution in [0, 0.1) is 0 Å². The Morgan fingerprint density at radius 1 is 0.377 bits per heavy atom. The molecule has 4 nitrogen and oxygen atoms in total. The molecule has 0 saturated heterocycles. The van der Waals surface area contributed by atoms with Crippen molar-refractivity contribution in [1.82, 2.24) is 4.98 Å². The highest BCUT2D eigenvalue weighted by Crippen LogP contribution is 2.44. The van der Waals surface area contributed by atoms with Crippen LogP contribution < -0.4 is 4.90 Å². The van der Waals surface area contributed by atoms with E-state index in [1.807, 2.05) is 48.5 Å². The normalized spacial score (nSPS) is 11.4. The van der Waals surface area contributed by atoms with Gasteiger partial charge >= 0.3 is 0 Å². The van der Waals surface area contributed by atoms with Crippen LogP contribution in [0.4, 0.5) is 17.1 Å². The fourth-order valence-corrected chi connectivity index (χ4v) is 7.36. The van der Waals surface area contributed by atoms with Gasteiger partial charge in [-0.1, -0.05) is 127 Å². The Balaban J connectivity index is 1.15. The van der Waals surface area contributed by atoms with E-state index in [4.69, 9.17) is 13.8 Å². The summed E-state index contributed by atoms with van der Waals surface area (Å²) < 4.78 is 13.0. The molecule has 2 aromatic heterocycles. The molecule has 4 heteroatoms. The van der Waals surface area contributed by atoms with Gasteiger partial charge in [0.1, 0.15) is 16.7 Å². The topological polar surface area (TPSA) is 42.4 Å². The van der Waals surface area contributed by atoms with Gasteiger partial charge in [-0.3, -0.25) is 0 Å². The van der Waals surface area contributed by atoms with Crippen LogP contribution >= 0.6 is 0 Å². The third kappa shape index (κ3) is 5.54. The molecule has 53 heavy (non-hydrogen) atoms. The van der Waals surface area contributed by atoms with E-state index < -0.39 is 0 Å². The third-order valence-corrected chi connectivity index (χ3v) is 9.92. The number of fused-ring (bicyclic) bond motifs is 5. The molecule has 0 unspecified atom stereocenters. The van der Waals surface area contributed by atoms with Crippen molar-refractivity contribution < 1.29 is 8.83 Å². The van der Waals surface area contributed by atoms with Gasteiger partial charge in [-0.2, -0.15) is 0 Å². The van der Waals surface area contributed by atoms with Crippen molar-refractivity contribution in [2.24, 2.45) is 0 Å². The van der Waals surface area contributed by atoms with E-state index in [9.17, 15) is 0 Å². The van der Waals surface area contributed by atoms with E-state index in [0.29, 0.717) is 5.89 Å². The van der Waals surface area contributed by atoms with Crippen LogP contribution in [0.1, 0.15) is 0 Å². The molecule has 10 rings (SSSR count). The minimum Gasteiger partial charge on any atom is -0.456 e. The molecule has 0 aliphatic heterocycles. The Labute approximate surface area is 306 Å². The van der Waals surface area contributed by atoms with Gasteiger partial charge in [0.2, 0.25) is 5.89 Å². The lowest BCUT2D eigenvalue weighted by molar-refractivity contribution is 0.622. The summed E-state index contributed by atoms with van der Waals surface area (Å²) in [5, 5.41) is 1.91. The number of nitrogens with zero attached hydrogens (tertiary/aromatic N) is 2. The standard InChI is InChI=1S/C49H32N2O2/c1-5-13-33(14-6-1)34-21-23-38(24-22-34)51(39-25-27-41(35-15-7-2-8-16-35)43(31-39)36-17-9-3-10-18-36)40-26-28-42-46(32-40)52-45-30-29-44-48(47(42)45)53-49(50-44)37-19-11-4-12-20-37/h1-32H. The second-order valence-corrected chi connectivity index (χ2v) is 13.2. The summed E-state index contributed by atoms with van der Waals surface area (Å²) in [4.78, 5) is 7.12. The zero-order valence-electron chi connectivity index (χ0n) is 28.7. The minimum absolute atomic E-state index is 0.595. The molecule has 0 saturated carbocycles. The number of oxazole rings is 1. The largest absolute Gasteiger partial charge is 0.456 e. The Morgan fingerprint density at radius 2 is 0.925 bits per heavy atom. The van der Waals surface area contributed by atoms with Crippen molar-refractivity contribution in [2.45, 2.75) is 0 Å². The van der Waals surface area contributed by atoms with Gasteiger partial charge in [0.05, 0.1) is 5.39 Å². The molecule has 10 aromatic rings. The second kappa shape index (κ2) is 12.9. The molecule has 0 fully saturated rings. The predicted molar refractivity (Wildman–Crippen MR) is 218 cm³/mol. The number of anilines is 3. The summed E-state index contributed by atoms with van der Waals surface area (Å²) in [6.07, 6.45) is 0. The average molecular weight is 681 g/mol. The summed E-state index contributed by atoms with van der Waals surface area (Å²) in [5.74, 6) is 0.595. The SMILES string of the molecule is c1ccc(-c2ccc(N(c3ccc(-c4ccccc4)c(-c4ccccc4)c3)c3ccc4c(c3)oc3ccc5nc(-c6ccccc6)oc5c34)cc2)cc1. The smallest absolute Gasteiger partial charge is 0.227 e. The Morgan fingerprint density at radius 3 is 1.60 bits per heavy atom. The number of rotatable bonds is 7.